The number of halogens is 1. The number of amides is 1. The number of piperazine rings is 1. The lowest BCUT2D eigenvalue weighted by atomic mass is 10.1. The van der Waals surface area contributed by atoms with E-state index in [1.807, 2.05) is 7.05 Å². The number of fused-ring (bicyclic) bond motifs is 1. The number of likely N-dealkylation sites (N-methyl/N-ethyl adjacent to an activating group) is 1. The lowest BCUT2D eigenvalue weighted by Gasteiger charge is -2.31. The first-order chi connectivity index (χ1) is 15.1. The number of aromatic nitrogens is 2. The van der Waals surface area contributed by atoms with E-state index in [0.717, 1.165) is 6.07 Å². The van der Waals surface area contributed by atoms with Crippen molar-refractivity contribution in [3.8, 4) is 0 Å². The van der Waals surface area contributed by atoms with E-state index in [0.29, 0.717) is 54.3 Å². The maximum atomic E-state index is 14.1. The summed E-state index contributed by atoms with van der Waals surface area (Å²) < 4.78 is 41.3. The highest BCUT2D eigenvalue weighted by atomic mass is 32.2. The van der Waals surface area contributed by atoms with Gasteiger partial charge in [0.25, 0.3) is 5.91 Å². The first-order valence-corrected chi connectivity index (χ1v) is 11.6. The summed E-state index contributed by atoms with van der Waals surface area (Å²) in [6.07, 6.45) is 0. The highest BCUT2D eigenvalue weighted by Crippen LogP contribution is 2.23. The number of anilines is 1. The van der Waals surface area contributed by atoms with Crippen molar-refractivity contribution in [2.24, 2.45) is 0 Å². The van der Waals surface area contributed by atoms with Crippen molar-refractivity contribution in [1.82, 2.24) is 19.2 Å². The summed E-state index contributed by atoms with van der Waals surface area (Å²) in [5, 5.41) is 2.69. The zero-order chi connectivity index (χ0) is 23.0. The number of hydrogen-bond acceptors (Lipinski definition) is 6. The van der Waals surface area contributed by atoms with Crippen LogP contribution in [0.25, 0.3) is 11.0 Å². The molecule has 0 bridgehead atoms. The van der Waals surface area contributed by atoms with Crippen molar-refractivity contribution in [2.75, 3.05) is 38.5 Å². The molecule has 4 rings (SSSR count). The molecular weight excluding hydrogens is 433 g/mol. The lowest BCUT2D eigenvalue weighted by Crippen LogP contribution is -2.46. The van der Waals surface area contributed by atoms with E-state index in [1.54, 1.807) is 13.8 Å². The molecule has 1 fully saturated rings. The normalized spacial score (nSPS) is 15.8. The van der Waals surface area contributed by atoms with Gasteiger partial charge in [0, 0.05) is 37.9 Å². The molecule has 0 radical (unpaired) electrons. The predicted octanol–water partition coefficient (Wildman–Crippen LogP) is 2.57. The van der Waals surface area contributed by atoms with Crippen molar-refractivity contribution >= 4 is 32.7 Å². The predicted molar refractivity (Wildman–Crippen MR) is 120 cm³/mol. The zero-order valence-electron chi connectivity index (χ0n) is 18.1. The van der Waals surface area contributed by atoms with Gasteiger partial charge in [0.2, 0.25) is 10.0 Å². The molecule has 0 unspecified atom stereocenters. The van der Waals surface area contributed by atoms with Gasteiger partial charge < -0.3 is 10.2 Å². The maximum Gasteiger partial charge on any atom is 0.258 e. The van der Waals surface area contributed by atoms with E-state index in [2.05, 4.69) is 20.2 Å². The van der Waals surface area contributed by atoms with Crippen LogP contribution in [-0.2, 0) is 10.0 Å². The number of nitrogens with zero attached hydrogens (tertiary/aromatic N) is 4. The molecule has 1 aliphatic heterocycles. The third-order valence-electron chi connectivity index (χ3n) is 5.60. The third-order valence-corrected chi connectivity index (χ3v) is 7.52. The van der Waals surface area contributed by atoms with Gasteiger partial charge in [0.15, 0.2) is 0 Å². The molecule has 1 aliphatic rings. The Morgan fingerprint density at radius 1 is 1.00 bits per heavy atom. The number of carbonyl (C=O) groups excluding carboxylic acids is 1. The van der Waals surface area contributed by atoms with Crippen LogP contribution in [0, 0.1) is 19.7 Å². The highest BCUT2D eigenvalue weighted by Gasteiger charge is 2.27. The Morgan fingerprint density at radius 3 is 2.28 bits per heavy atom. The van der Waals surface area contributed by atoms with Crippen molar-refractivity contribution in [1.29, 1.82) is 0 Å². The minimum absolute atomic E-state index is 0.0599. The molecule has 0 saturated carbocycles. The molecule has 3 aromatic rings. The summed E-state index contributed by atoms with van der Waals surface area (Å²) in [7, 11) is -1.64. The Bertz CT molecular complexity index is 1290. The molecule has 1 saturated heterocycles. The first kappa shape index (κ1) is 22.3. The molecule has 0 aliphatic carbocycles. The number of sulfonamides is 1. The van der Waals surface area contributed by atoms with Crippen molar-refractivity contribution < 1.29 is 17.6 Å². The van der Waals surface area contributed by atoms with E-state index < -0.39 is 21.7 Å². The highest BCUT2D eigenvalue weighted by molar-refractivity contribution is 7.89. The van der Waals surface area contributed by atoms with Crippen molar-refractivity contribution in [3.63, 3.8) is 0 Å². The molecule has 2 aromatic carbocycles. The number of hydrogen-bond donors (Lipinski definition) is 1. The SMILES string of the molecule is Cc1nc2cc(F)cc(C(=O)Nc3ccc(S(=O)(=O)N4CCN(C)CC4)cc3)c2nc1C. The van der Waals surface area contributed by atoms with Gasteiger partial charge in [-0.2, -0.15) is 4.31 Å². The maximum absolute atomic E-state index is 14.1. The molecule has 168 valence electrons. The third kappa shape index (κ3) is 4.34. The summed E-state index contributed by atoms with van der Waals surface area (Å²) in [5.74, 6) is -1.14. The van der Waals surface area contributed by atoms with Gasteiger partial charge in [0.05, 0.1) is 27.4 Å². The van der Waals surface area contributed by atoms with Crippen LogP contribution in [0.15, 0.2) is 41.3 Å². The Balaban J connectivity index is 1.57. The van der Waals surface area contributed by atoms with Crippen LogP contribution in [0.3, 0.4) is 0 Å². The molecule has 1 aromatic heterocycles. The van der Waals surface area contributed by atoms with Gasteiger partial charge in [0.1, 0.15) is 11.3 Å². The summed E-state index contributed by atoms with van der Waals surface area (Å²) in [4.78, 5) is 23.8. The Kier molecular flexibility index (Phi) is 5.93. The van der Waals surface area contributed by atoms with Crippen LogP contribution in [0.5, 0.6) is 0 Å². The number of carbonyl (C=O) groups is 1. The molecule has 10 heteroatoms. The van der Waals surface area contributed by atoms with Crippen molar-refractivity contribution in [2.45, 2.75) is 18.7 Å². The number of rotatable bonds is 4. The smallest absolute Gasteiger partial charge is 0.258 e. The van der Waals surface area contributed by atoms with Gasteiger partial charge in [-0.25, -0.2) is 22.8 Å². The van der Waals surface area contributed by atoms with Crippen LogP contribution in [0.4, 0.5) is 10.1 Å². The average molecular weight is 458 g/mol. The average Bonchev–Trinajstić information content (AvgIpc) is 2.75. The lowest BCUT2D eigenvalue weighted by molar-refractivity contribution is 0.102. The zero-order valence-corrected chi connectivity index (χ0v) is 18.9. The van der Waals surface area contributed by atoms with E-state index in [-0.39, 0.29) is 10.5 Å². The van der Waals surface area contributed by atoms with Crippen LogP contribution < -0.4 is 5.32 Å². The molecule has 0 spiro atoms. The monoisotopic (exact) mass is 457 g/mol. The number of benzene rings is 2. The molecular formula is C22H24FN5O3S. The molecule has 1 N–H and O–H groups in total. The minimum atomic E-state index is -3.60. The van der Waals surface area contributed by atoms with Crippen LogP contribution in [0.1, 0.15) is 21.7 Å². The van der Waals surface area contributed by atoms with Crippen molar-refractivity contribution in [3.05, 3.63) is 59.2 Å². The second-order valence-electron chi connectivity index (χ2n) is 7.90. The standard InChI is InChI=1S/C22H24FN5O3S/c1-14-15(2)25-21-19(12-16(23)13-20(21)24-14)22(29)26-17-4-6-18(7-5-17)32(30,31)28-10-8-27(3)9-11-28/h4-7,12-13H,8-11H2,1-3H3,(H,26,29). The van der Waals surface area contributed by atoms with E-state index >= 15 is 0 Å². The van der Waals surface area contributed by atoms with Crippen LogP contribution in [0.2, 0.25) is 0 Å². The van der Waals surface area contributed by atoms with E-state index in [9.17, 15) is 17.6 Å². The topological polar surface area (TPSA) is 95.5 Å². The van der Waals surface area contributed by atoms with Gasteiger partial charge >= 0.3 is 0 Å². The largest absolute Gasteiger partial charge is 0.322 e. The molecule has 32 heavy (non-hydrogen) atoms. The Hall–Kier alpha value is -2.95. The van der Waals surface area contributed by atoms with E-state index in [4.69, 9.17) is 0 Å². The van der Waals surface area contributed by atoms with Gasteiger partial charge in [-0.3, -0.25) is 4.79 Å². The molecule has 0 atom stereocenters. The minimum Gasteiger partial charge on any atom is -0.322 e. The number of nitrogens with one attached hydrogen (secondary N) is 1. The fraction of sp³-hybridized carbons (Fsp3) is 0.318. The molecule has 2 heterocycles. The second kappa shape index (κ2) is 8.53. The van der Waals surface area contributed by atoms with Gasteiger partial charge in [-0.1, -0.05) is 0 Å². The summed E-state index contributed by atoms with van der Waals surface area (Å²) >= 11 is 0. The quantitative estimate of drug-likeness (QED) is 0.647. The summed E-state index contributed by atoms with van der Waals surface area (Å²) in [5.41, 5.74) is 2.36. The summed E-state index contributed by atoms with van der Waals surface area (Å²) in [6.45, 7) is 5.76. The Labute approximate surface area is 186 Å². The number of aryl methyl sites for hydroxylation is 2. The fourth-order valence-corrected chi connectivity index (χ4v) is 4.98. The van der Waals surface area contributed by atoms with E-state index in [1.165, 1.54) is 34.6 Å². The summed E-state index contributed by atoms with van der Waals surface area (Å²) in [6, 6.07) is 8.31. The van der Waals surface area contributed by atoms with Crippen LogP contribution in [-0.4, -0.2) is 66.7 Å². The first-order valence-electron chi connectivity index (χ1n) is 10.2. The molecule has 8 nitrogen and oxygen atoms in total. The Morgan fingerprint density at radius 2 is 1.62 bits per heavy atom. The van der Waals surface area contributed by atoms with Crippen LogP contribution >= 0.6 is 0 Å². The second-order valence-corrected chi connectivity index (χ2v) is 9.84. The fourth-order valence-electron chi connectivity index (χ4n) is 3.56. The molecule has 1 amide bonds. The van der Waals surface area contributed by atoms with Gasteiger partial charge in [-0.15, -0.1) is 0 Å². The van der Waals surface area contributed by atoms with Gasteiger partial charge in [-0.05, 0) is 51.2 Å².